The van der Waals surface area contributed by atoms with Gasteiger partial charge in [0.2, 0.25) is 11.8 Å². The number of nitrogens with one attached hydrogen (secondary N) is 1. The second kappa shape index (κ2) is 7.57. The molecule has 1 amide bonds. The van der Waals surface area contributed by atoms with Crippen LogP contribution in [0.4, 0.5) is 10.1 Å². The van der Waals surface area contributed by atoms with Crippen LogP contribution >= 0.6 is 0 Å². The molecule has 0 atom stereocenters. The topological polar surface area (TPSA) is 77.2 Å². The maximum absolute atomic E-state index is 12.9. The summed E-state index contributed by atoms with van der Waals surface area (Å²) in [6.45, 7) is 0. The summed E-state index contributed by atoms with van der Waals surface area (Å²) in [6.07, 6.45) is 3.68. The Hall–Kier alpha value is -3.22. The Balaban J connectivity index is 1.58. The predicted molar refractivity (Wildman–Crippen MR) is 89.6 cm³/mol. The SMILES string of the molecule is COc1ncccc1NC(=O)CCc1ncc(-c2ccc(F)cc2)o1. The molecule has 2 heterocycles. The standard InChI is InChI=1S/C18H16FN3O3/c1-24-18-14(3-2-10-20-18)22-16(23)8-9-17-21-11-15(25-17)12-4-6-13(19)7-5-12/h2-7,10-11H,8-9H2,1H3,(H,22,23). The Bertz CT molecular complexity index is 862. The van der Waals surface area contributed by atoms with Gasteiger partial charge in [-0.15, -0.1) is 0 Å². The zero-order valence-corrected chi connectivity index (χ0v) is 13.5. The third-order valence-corrected chi connectivity index (χ3v) is 3.49. The van der Waals surface area contributed by atoms with Gasteiger partial charge in [0.15, 0.2) is 11.7 Å². The molecule has 0 bridgehead atoms. The third kappa shape index (κ3) is 4.20. The van der Waals surface area contributed by atoms with E-state index in [2.05, 4.69) is 15.3 Å². The molecule has 6 nitrogen and oxygen atoms in total. The number of nitrogens with zero attached hydrogens (tertiary/aromatic N) is 2. The number of carbonyl (C=O) groups excluding carboxylic acids is 1. The molecule has 2 aromatic heterocycles. The van der Waals surface area contributed by atoms with Crippen LogP contribution in [-0.2, 0) is 11.2 Å². The van der Waals surface area contributed by atoms with E-state index in [1.807, 2.05) is 0 Å². The van der Waals surface area contributed by atoms with Gasteiger partial charge in [0.1, 0.15) is 11.5 Å². The van der Waals surface area contributed by atoms with Gasteiger partial charge >= 0.3 is 0 Å². The van der Waals surface area contributed by atoms with Crippen LogP contribution in [0.15, 0.2) is 53.2 Å². The molecule has 128 valence electrons. The molecule has 0 unspecified atom stereocenters. The highest BCUT2D eigenvalue weighted by molar-refractivity contribution is 5.91. The molecule has 7 heteroatoms. The van der Waals surface area contributed by atoms with E-state index in [4.69, 9.17) is 9.15 Å². The molecule has 0 radical (unpaired) electrons. The molecule has 3 rings (SSSR count). The Morgan fingerprint density at radius 2 is 2.04 bits per heavy atom. The minimum atomic E-state index is -0.314. The van der Waals surface area contributed by atoms with Crippen molar-refractivity contribution in [3.8, 4) is 17.2 Å². The molecule has 3 aromatic rings. The second-order valence-corrected chi connectivity index (χ2v) is 5.23. The van der Waals surface area contributed by atoms with Crippen molar-refractivity contribution in [2.75, 3.05) is 12.4 Å². The highest BCUT2D eigenvalue weighted by Gasteiger charge is 2.11. The van der Waals surface area contributed by atoms with E-state index in [9.17, 15) is 9.18 Å². The van der Waals surface area contributed by atoms with Gasteiger partial charge in [0.05, 0.1) is 13.3 Å². The molecule has 25 heavy (non-hydrogen) atoms. The molecule has 0 saturated heterocycles. The lowest BCUT2D eigenvalue weighted by Gasteiger charge is -2.07. The van der Waals surface area contributed by atoms with Gasteiger partial charge in [-0.3, -0.25) is 4.79 Å². The van der Waals surface area contributed by atoms with Crippen molar-refractivity contribution in [2.24, 2.45) is 0 Å². The Morgan fingerprint density at radius 3 is 2.80 bits per heavy atom. The number of methoxy groups -OCH3 is 1. The maximum atomic E-state index is 12.9. The normalized spacial score (nSPS) is 10.5. The van der Waals surface area contributed by atoms with Crippen molar-refractivity contribution in [1.82, 2.24) is 9.97 Å². The quantitative estimate of drug-likeness (QED) is 0.743. The van der Waals surface area contributed by atoms with Crippen LogP contribution in [0.5, 0.6) is 5.88 Å². The van der Waals surface area contributed by atoms with E-state index in [1.54, 1.807) is 36.7 Å². The van der Waals surface area contributed by atoms with Gasteiger partial charge in [-0.2, -0.15) is 0 Å². The molecule has 0 fully saturated rings. The molecule has 0 aliphatic carbocycles. The van der Waals surface area contributed by atoms with Crippen LogP contribution in [0.25, 0.3) is 11.3 Å². The number of aryl methyl sites for hydroxylation is 1. The minimum absolute atomic E-state index is 0.196. The largest absolute Gasteiger partial charge is 0.480 e. The summed E-state index contributed by atoms with van der Waals surface area (Å²) in [7, 11) is 1.49. The number of hydrogen-bond acceptors (Lipinski definition) is 5. The van der Waals surface area contributed by atoms with Crippen LogP contribution in [0.3, 0.4) is 0 Å². The summed E-state index contributed by atoms with van der Waals surface area (Å²) < 4.78 is 23.6. The second-order valence-electron chi connectivity index (χ2n) is 5.23. The van der Waals surface area contributed by atoms with Gasteiger partial charge in [0, 0.05) is 24.6 Å². The average molecular weight is 341 g/mol. The number of rotatable bonds is 6. The number of halogens is 1. The average Bonchev–Trinajstić information content (AvgIpc) is 3.10. The Labute approximate surface area is 143 Å². The van der Waals surface area contributed by atoms with Gasteiger partial charge in [0.25, 0.3) is 0 Å². The van der Waals surface area contributed by atoms with Crippen molar-refractivity contribution in [2.45, 2.75) is 12.8 Å². The zero-order valence-electron chi connectivity index (χ0n) is 13.5. The third-order valence-electron chi connectivity index (χ3n) is 3.49. The molecule has 0 aliphatic rings. The summed E-state index contributed by atoms with van der Waals surface area (Å²) in [5.41, 5.74) is 1.24. The molecule has 0 aliphatic heterocycles. The smallest absolute Gasteiger partial charge is 0.237 e. The molecular weight excluding hydrogens is 325 g/mol. The van der Waals surface area contributed by atoms with Crippen LogP contribution in [0.2, 0.25) is 0 Å². The van der Waals surface area contributed by atoms with E-state index in [1.165, 1.54) is 19.2 Å². The molecule has 1 N–H and O–H groups in total. The predicted octanol–water partition coefficient (Wildman–Crippen LogP) is 3.46. The summed E-state index contributed by atoms with van der Waals surface area (Å²) >= 11 is 0. The van der Waals surface area contributed by atoms with Crippen molar-refractivity contribution >= 4 is 11.6 Å². The minimum Gasteiger partial charge on any atom is -0.480 e. The lowest BCUT2D eigenvalue weighted by molar-refractivity contribution is -0.116. The van der Waals surface area contributed by atoms with E-state index in [-0.39, 0.29) is 18.1 Å². The first-order chi connectivity index (χ1) is 12.2. The van der Waals surface area contributed by atoms with E-state index in [0.29, 0.717) is 29.6 Å². The van der Waals surface area contributed by atoms with Crippen LogP contribution in [0.1, 0.15) is 12.3 Å². The number of anilines is 1. The number of amides is 1. The van der Waals surface area contributed by atoms with Crippen molar-refractivity contribution in [3.63, 3.8) is 0 Å². The monoisotopic (exact) mass is 341 g/mol. The highest BCUT2D eigenvalue weighted by atomic mass is 19.1. The fraction of sp³-hybridized carbons (Fsp3) is 0.167. The van der Waals surface area contributed by atoms with E-state index < -0.39 is 0 Å². The molecular formula is C18H16FN3O3. The summed E-state index contributed by atoms with van der Waals surface area (Å²) in [5.74, 6) is 0.807. The van der Waals surface area contributed by atoms with Crippen molar-refractivity contribution in [1.29, 1.82) is 0 Å². The first-order valence-corrected chi connectivity index (χ1v) is 7.65. The molecule has 1 aromatic carbocycles. The zero-order chi connectivity index (χ0) is 17.6. The number of carbonyl (C=O) groups is 1. The number of ether oxygens (including phenoxy) is 1. The fourth-order valence-electron chi connectivity index (χ4n) is 2.26. The summed E-state index contributed by atoms with van der Waals surface area (Å²) in [6, 6.07) is 9.35. The number of aromatic nitrogens is 2. The van der Waals surface area contributed by atoms with Gasteiger partial charge in [-0.25, -0.2) is 14.4 Å². The van der Waals surface area contributed by atoms with Gasteiger partial charge in [-0.05, 0) is 36.4 Å². The van der Waals surface area contributed by atoms with E-state index in [0.717, 1.165) is 5.56 Å². The van der Waals surface area contributed by atoms with Crippen LogP contribution in [-0.4, -0.2) is 23.0 Å². The summed E-state index contributed by atoms with van der Waals surface area (Å²) in [4.78, 5) is 20.2. The maximum Gasteiger partial charge on any atom is 0.237 e. The van der Waals surface area contributed by atoms with Gasteiger partial charge in [-0.1, -0.05) is 0 Å². The number of hydrogen-bond donors (Lipinski definition) is 1. The molecule has 0 saturated carbocycles. The number of benzene rings is 1. The lowest BCUT2D eigenvalue weighted by Crippen LogP contribution is -2.13. The molecule has 0 spiro atoms. The fourth-order valence-corrected chi connectivity index (χ4v) is 2.26. The van der Waals surface area contributed by atoms with Crippen molar-refractivity contribution in [3.05, 3.63) is 60.5 Å². The Kier molecular flexibility index (Phi) is 5.03. The van der Waals surface area contributed by atoms with Gasteiger partial charge < -0.3 is 14.5 Å². The highest BCUT2D eigenvalue weighted by Crippen LogP contribution is 2.22. The Morgan fingerprint density at radius 1 is 1.24 bits per heavy atom. The summed E-state index contributed by atoms with van der Waals surface area (Å²) in [5, 5.41) is 2.74. The van der Waals surface area contributed by atoms with E-state index >= 15 is 0 Å². The van der Waals surface area contributed by atoms with Crippen LogP contribution < -0.4 is 10.1 Å². The van der Waals surface area contributed by atoms with Crippen LogP contribution in [0, 0.1) is 5.82 Å². The first-order valence-electron chi connectivity index (χ1n) is 7.65. The number of oxazole rings is 1. The lowest BCUT2D eigenvalue weighted by atomic mass is 10.2. The number of pyridine rings is 1. The first kappa shape index (κ1) is 16.6. The van der Waals surface area contributed by atoms with Crippen molar-refractivity contribution < 1.29 is 18.3 Å².